The third-order valence-electron chi connectivity index (χ3n) is 4.79. The molecule has 0 aliphatic rings. The lowest BCUT2D eigenvalue weighted by atomic mass is 10.2. The number of carboxylic acids is 1. The van der Waals surface area contributed by atoms with E-state index in [1.165, 1.54) is 16.7 Å². The zero-order chi connectivity index (χ0) is 22.7. The maximum atomic E-state index is 13.2. The van der Waals surface area contributed by atoms with Crippen molar-refractivity contribution in [2.45, 2.75) is 17.3 Å². The van der Waals surface area contributed by atoms with Crippen LogP contribution in [0.15, 0.2) is 88.8 Å². The lowest BCUT2D eigenvalue weighted by Crippen LogP contribution is -2.26. The van der Waals surface area contributed by atoms with E-state index in [4.69, 9.17) is 5.11 Å². The molecule has 0 bridgehead atoms. The van der Waals surface area contributed by atoms with Crippen molar-refractivity contribution >= 4 is 40.2 Å². The second kappa shape index (κ2) is 9.07. The molecule has 3 aromatic carbocycles. The Balaban J connectivity index is 1.67. The van der Waals surface area contributed by atoms with Crippen LogP contribution in [0.1, 0.15) is 17.3 Å². The van der Waals surface area contributed by atoms with Gasteiger partial charge in [0, 0.05) is 5.69 Å². The Labute approximate surface area is 187 Å². The molecule has 0 saturated carbocycles. The van der Waals surface area contributed by atoms with Gasteiger partial charge in [-0.25, -0.2) is 9.78 Å². The van der Waals surface area contributed by atoms with Crippen LogP contribution in [-0.2, 0) is 4.79 Å². The van der Waals surface area contributed by atoms with Crippen LogP contribution < -0.4 is 10.9 Å². The summed E-state index contributed by atoms with van der Waals surface area (Å²) in [5, 5.41) is 12.1. The summed E-state index contributed by atoms with van der Waals surface area (Å²) < 4.78 is 1.50. The molecule has 0 fully saturated rings. The van der Waals surface area contributed by atoms with Crippen molar-refractivity contribution in [2.24, 2.45) is 0 Å². The molecular formula is C24H19N3O4S. The number of benzene rings is 3. The monoisotopic (exact) mass is 445 g/mol. The molecule has 160 valence electrons. The molecule has 1 amide bonds. The number of carboxylic acid groups (broad SMARTS) is 1. The van der Waals surface area contributed by atoms with Gasteiger partial charge in [0.15, 0.2) is 5.16 Å². The number of nitrogens with zero attached hydrogens (tertiary/aromatic N) is 2. The van der Waals surface area contributed by atoms with Crippen LogP contribution in [0.25, 0.3) is 16.6 Å². The van der Waals surface area contributed by atoms with Gasteiger partial charge in [0.25, 0.3) is 5.56 Å². The number of para-hydroxylation sites is 2. The Kier molecular flexibility index (Phi) is 6.04. The highest BCUT2D eigenvalue weighted by atomic mass is 32.2. The predicted molar refractivity (Wildman–Crippen MR) is 125 cm³/mol. The first-order valence-electron chi connectivity index (χ1n) is 9.82. The summed E-state index contributed by atoms with van der Waals surface area (Å²) in [6.07, 6.45) is 0. The normalized spacial score (nSPS) is 11.8. The molecule has 0 radical (unpaired) electrons. The van der Waals surface area contributed by atoms with Gasteiger partial charge in [-0.05, 0) is 49.4 Å². The summed E-state index contributed by atoms with van der Waals surface area (Å²) in [5.41, 5.74) is 1.45. The van der Waals surface area contributed by atoms with E-state index in [0.717, 1.165) is 11.8 Å². The maximum absolute atomic E-state index is 13.2. The Hall–Kier alpha value is -3.91. The molecule has 4 rings (SSSR count). The fourth-order valence-electron chi connectivity index (χ4n) is 3.18. The number of fused-ring (bicyclic) bond motifs is 1. The van der Waals surface area contributed by atoms with Crippen molar-refractivity contribution in [3.8, 4) is 5.69 Å². The predicted octanol–water partition coefficient (Wildman–Crippen LogP) is 4.20. The van der Waals surface area contributed by atoms with Gasteiger partial charge in [-0.15, -0.1) is 0 Å². The molecule has 2 N–H and O–H groups in total. The number of hydrogen-bond acceptors (Lipinski definition) is 5. The number of hydrogen-bond donors (Lipinski definition) is 2. The molecule has 0 aliphatic carbocycles. The first kappa shape index (κ1) is 21.3. The minimum absolute atomic E-state index is 0.0808. The molecule has 1 atom stereocenters. The molecule has 0 spiro atoms. The average molecular weight is 446 g/mol. The second-order valence-corrected chi connectivity index (χ2v) is 8.33. The van der Waals surface area contributed by atoms with Gasteiger partial charge < -0.3 is 10.4 Å². The van der Waals surface area contributed by atoms with Crippen molar-refractivity contribution in [1.82, 2.24) is 9.55 Å². The van der Waals surface area contributed by atoms with E-state index < -0.39 is 11.2 Å². The molecule has 7 nitrogen and oxygen atoms in total. The van der Waals surface area contributed by atoms with Crippen molar-refractivity contribution in [1.29, 1.82) is 0 Å². The third kappa shape index (κ3) is 4.40. The lowest BCUT2D eigenvalue weighted by molar-refractivity contribution is -0.115. The van der Waals surface area contributed by atoms with Gasteiger partial charge in [-0.3, -0.25) is 14.2 Å². The average Bonchev–Trinajstić information content (AvgIpc) is 2.80. The van der Waals surface area contributed by atoms with Gasteiger partial charge in [0.1, 0.15) is 0 Å². The quantitative estimate of drug-likeness (QED) is 0.341. The summed E-state index contributed by atoms with van der Waals surface area (Å²) >= 11 is 1.16. The van der Waals surface area contributed by atoms with Crippen molar-refractivity contribution < 1.29 is 14.7 Å². The molecule has 0 saturated heterocycles. The third-order valence-corrected chi connectivity index (χ3v) is 5.84. The minimum atomic E-state index is -1.07. The molecular weight excluding hydrogens is 426 g/mol. The zero-order valence-corrected chi connectivity index (χ0v) is 17.9. The van der Waals surface area contributed by atoms with E-state index in [0.29, 0.717) is 27.4 Å². The standard InChI is InChI=1S/C24H19N3O4S/c1-15(21(28)25-17-9-7-8-16(14-17)23(30)31)32-24-26-20-13-6-5-12-19(20)22(29)27(24)18-10-3-2-4-11-18/h2-15H,1H3,(H,25,28)(H,30,31). The van der Waals surface area contributed by atoms with E-state index in [2.05, 4.69) is 10.3 Å². The number of amides is 1. The molecule has 1 heterocycles. The highest BCUT2D eigenvalue weighted by Gasteiger charge is 2.20. The Morgan fingerprint density at radius 3 is 2.47 bits per heavy atom. The lowest BCUT2D eigenvalue weighted by Gasteiger charge is -2.16. The fraction of sp³-hybridized carbons (Fsp3) is 0.0833. The molecule has 0 aliphatic heterocycles. The second-order valence-electron chi connectivity index (χ2n) is 7.02. The van der Waals surface area contributed by atoms with Crippen molar-refractivity contribution in [3.05, 3.63) is 94.8 Å². The summed E-state index contributed by atoms with van der Waals surface area (Å²) in [6.45, 7) is 1.71. The number of nitrogens with one attached hydrogen (secondary N) is 1. The van der Waals surface area contributed by atoms with Crippen LogP contribution in [0.5, 0.6) is 0 Å². The summed E-state index contributed by atoms with van der Waals surface area (Å²) in [6, 6.07) is 22.3. The van der Waals surface area contributed by atoms with Crippen LogP contribution in [0.4, 0.5) is 5.69 Å². The molecule has 32 heavy (non-hydrogen) atoms. The Morgan fingerprint density at radius 2 is 1.72 bits per heavy atom. The highest BCUT2D eigenvalue weighted by molar-refractivity contribution is 8.00. The summed E-state index contributed by atoms with van der Waals surface area (Å²) in [5.74, 6) is -1.41. The number of aromatic nitrogens is 2. The number of rotatable bonds is 6. The molecule has 1 unspecified atom stereocenters. The van der Waals surface area contributed by atoms with Gasteiger partial charge >= 0.3 is 5.97 Å². The van der Waals surface area contributed by atoms with Crippen LogP contribution in [0.3, 0.4) is 0 Å². The number of thioether (sulfide) groups is 1. The van der Waals surface area contributed by atoms with Crippen LogP contribution in [-0.4, -0.2) is 31.8 Å². The first-order valence-corrected chi connectivity index (χ1v) is 10.7. The first-order chi connectivity index (χ1) is 15.4. The van der Waals surface area contributed by atoms with E-state index in [1.54, 1.807) is 37.3 Å². The van der Waals surface area contributed by atoms with Gasteiger partial charge in [-0.2, -0.15) is 0 Å². The smallest absolute Gasteiger partial charge is 0.335 e. The fourth-order valence-corrected chi connectivity index (χ4v) is 4.11. The molecule has 4 aromatic rings. The topological polar surface area (TPSA) is 101 Å². The Morgan fingerprint density at radius 1 is 1.00 bits per heavy atom. The largest absolute Gasteiger partial charge is 0.478 e. The number of aromatic carboxylic acids is 1. The van der Waals surface area contributed by atoms with Crippen LogP contribution in [0.2, 0.25) is 0 Å². The molecule has 1 aromatic heterocycles. The van der Waals surface area contributed by atoms with Crippen molar-refractivity contribution in [2.75, 3.05) is 5.32 Å². The Bertz CT molecular complexity index is 1370. The van der Waals surface area contributed by atoms with Gasteiger partial charge in [-0.1, -0.05) is 48.2 Å². The SMILES string of the molecule is CC(Sc1nc2ccccc2c(=O)n1-c1ccccc1)C(=O)Nc1cccc(C(=O)O)c1. The van der Waals surface area contributed by atoms with Gasteiger partial charge in [0.2, 0.25) is 5.91 Å². The van der Waals surface area contributed by atoms with Gasteiger partial charge in [0.05, 0.1) is 27.4 Å². The maximum Gasteiger partial charge on any atom is 0.335 e. The minimum Gasteiger partial charge on any atom is -0.478 e. The summed E-state index contributed by atoms with van der Waals surface area (Å²) in [7, 11) is 0. The van der Waals surface area contributed by atoms with E-state index >= 15 is 0 Å². The van der Waals surface area contributed by atoms with Crippen LogP contribution in [0, 0.1) is 0 Å². The highest BCUT2D eigenvalue weighted by Crippen LogP contribution is 2.26. The molecule has 8 heteroatoms. The van der Waals surface area contributed by atoms with Crippen molar-refractivity contribution in [3.63, 3.8) is 0 Å². The zero-order valence-electron chi connectivity index (χ0n) is 17.1. The van der Waals surface area contributed by atoms with E-state index in [-0.39, 0.29) is 17.0 Å². The number of carbonyl (C=O) groups excluding carboxylic acids is 1. The summed E-state index contributed by atoms with van der Waals surface area (Å²) in [4.78, 5) is 41.9. The number of anilines is 1. The van der Waals surface area contributed by atoms with E-state index in [1.807, 2.05) is 36.4 Å². The number of carbonyl (C=O) groups is 2. The van der Waals surface area contributed by atoms with E-state index in [9.17, 15) is 14.4 Å². The van der Waals surface area contributed by atoms with Crippen LogP contribution >= 0.6 is 11.8 Å².